The van der Waals surface area contributed by atoms with E-state index in [1.54, 1.807) is 24.4 Å². The van der Waals surface area contributed by atoms with Gasteiger partial charge in [0.15, 0.2) is 0 Å². The Morgan fingerprint density at radius 1 is 1.00 bits per heavy atom. The Morgan fingerprint density at radius 3 is 2.56 bits per heavy atom. The fourth-order valence-corrected chi connectivity index (χ4v) is 3.90. The molecule has 0 unspecified atom stereocenters. The average Bonchev–Trinajstić information content (AvgIpc) is 3.28. The van der Waals surface area contributed by atoms with Gasteiger partial charge in [-0.2, -0.15) is 0 Å². The van der Waals surface area contributed by atoms with Crippen LogP contribution >= 0.6 is 11.3 Å². The third-order valence-corrected chi connectivity index (χ3v) is 5.76. The second kappa shape index (κ2) is 9.40. The molecule has 4 aromatic rings. The first-order valence-corrected chi connectivity index (χ1v) is 10.7. The van der Waals surface area contributed by atoms with Gasteiger partial charge in [0.2, 0.25) is 0 Å². The smallest absolute Gasteiger partial charge is 0.335 e. The maximum absolute atomic E-state index is 12.5. The summed E-state index contributed by atoms with van der Waals surface area (Å²) in [7, 11) is 0. The molecule has 0 atom stereocenters. The van der Waals surface area contributed by atoms with E-state index in [1.165, 1.54) is 23.5 Å². The van der Waals surface area contributed by atoms with Crippen molar-refractivity contribution in [3.05, 3.63) is 94.5 Å². The number of carbonyl (C=O) groups excluding carboxylic acids is 1. The van der Waals surface area contributed by atoms with Crippen molar-refractivity contribution in [2.24, 2.45) is 0 Å². The van der Waals surface area contributed by atoms with Gasteiger partial charge < -0.3 is 15.7 Å². The van der Waals surface area contributed by atoms with E-state index < -0.39 is 5.97 Å². The van der Waals surface area contributed by atoms with Crippen LogP contribution < -0.4 is 10.6 Å². The number of carboxylic acids is 1. The van der Waals surface area contributed by atoms with Crippen molar-refractivity contribution in [3.63, 3.8) is 0 Å². The quantitative estimate of drug-likeness (QED) is 0.375. The lowest BCUT2D eigenvalue weighted by Crippen LogP contribution is -2.21. The number of nitrogens with one attached hydrogen (secondary N) is 2. The first-order valence-electron chi connectivity index (χ1n) is 9.85. The highest BCUT2D eigenvalue weighted by molar-refractivity contribution is 7.17. The SMILES string of the molecule is Cc1ccnc(Nc2cccc(-c3ccc(C(=O)NCc4ccc(C(=O)O)cc4)s3)n2)c1. The van der Waals surface area contributed by atoms with E-state index in [0.29, 0.717) is 17.2 Å². The van der Waals surface area contributed by atoms with Gasteiger partial charge in [-0.1, -0.05) is 18.2 Å². The molecule has 0 bridgehead atoms. The minimum atomic E-state index is -0.977. The molecule has 1 aromatic carbocycles. The number of rotatable bonds is 7. The van der Waals surface area contributed by atoms with Crippen LogP contribution in [0.3, 0.4) is 0 Å². The molecule has 0 aliphatic rings. The summed E-state index contributed by atoms with van der Waals surface area (Å²) >= 11 is 1.36. The van der Waals surface area contributed by atoms with Gasteiger partial charge in [-0.3, -0.25) is 4.79 Å². The minimum Gasteiger partial charge on any atom is -0.478 e. The summed E-state index contributed by atoms with van der Waals surface area (Å²) in [5, 5.41) is 15.0. The highest BCUT2D eigenvalue weighted by Crippen LogP contribution is 2.28. The standard InChI is InChI=1S/C24H20N4O3S/c1-15-11-12-25-22(13-15)28-21-4-2-3-18(27-21)19-9-10-20(32-19)23(29)26-14-16-5-7-17(8-6-16)24(30)31/h2-13H,14H2,1H3,(H,26,29)(H,30,31)(H,25,27,28). The number of amides is 1. The highest BCUT2D eigenvalue weighted by atomic mass is 32.1. The van der Waals surface area contributed by atoms with Crippen LogP contribution in [0.15, 0.2) is 72.9 Å². The van der Waals surface area contributed by atoms with E-state index in [9.17, 15) is 9.59 Å². The number of aromatic carboxylic acids is 1. The van der Waals surface area contributed by atoms with Crippen molar-refractivity contribution in [1.29, 1.82) is 0 Å². The number of hydrogen-bond acceptors (Lipinski definition) is 6. The van der Waals surface area contributed by atoms with Crippen LogP contribution in [0.4, 0.5) is 11.6 Å². The molecule has 0 saturated heterocycles. The zero-order valence-corrected chi connectivity index (χ0v) is 18.0. The lowest BCUT2D eigenvalue weighted by atomic mass is 10.1. The fraction of sp³-hybridized carbons (Fsp3) is 0.0833. The molecule has 1 amide bonds. The summed E-state index contributed by atoms with van der Waals surface area (Å²) in [6.07, 6.45) is 1.74. The van der Waals surface area contributed by atoms with Gasteiger partial charge in [0.05, 0.1) is 21.0 Å². The van der Waals surface area contributed by atoms with Crippen LogP contribution in [0.25, 0.3) is 10.6 Å². The van der Waals surface area contributed by atoms with Gasteiger partial charge >= 0.3 is 5.97 Å². The van der Waals surface area contributed by atoms with E-state index >= 15 is 0 Å². The molecule has 32 heavy (non-hydrogen) atoms. The molecule has 3 N–H and O–H groups in total. The monoisotopic (exact) mass is 444 g/mol. The van der Waals surface area contributed by atoms with E-state index in [1.807, 2.05) is 43.3 Å². The lowest BCUT2D eigenvalue weighted by Gasteiger charge is -2.06. The predicted octanol–water partition coefficient (Wildman–Crippen LogP) is 4.89. The Morgan fingerprint density at radius 2 is 1.81 bits per heavy atom. The molecule has 0 radical (unpaired) electrons. The average molecular weight is 445 g/mol. The maximum atomic E-state index is 12.5. The number of hydrogen-bond donors (Lipinski definition) is 3. The van der Waals surface area contributed by atoms with Crippen molar-refractivity contribution in [3.8, 4) is 10.6 Å². The Labute approximate surface area is 188 Å². The molecule has 8 heteroatoms. The van der Waals surface area contributed by atoms with Crippen molar-refractivity contribution < 1.29 is 14.7 Å². The first kappa shape index (κ1) is 21.2. The van der Waals surface area contributed by atoms with Crippen molar-refractivity contribution >= 4 is 34.8 Å². The van der Waals surface area contributed by atoms with E-state index in [4.69, 9.17) is 5.11 Å². The summed E-state index contributed by atoms with van der Waals surface area (Å²) in [5.74, 6) is 0.221. The summed E-state index contributed by atoms with van der Waals surface area (Å²) in [5.41, 5.74) is 2.90. The zero-order valence-electron chi connectivity index (χ0n) is 17.2. The number of carboxylic acid groups (broad SMARTS) is 1. The van der Waals surface area contributed by atoms with Crippen LogP contribution in [-0.4, -0.2) is 27.0 Å². The molecule has 4 rings (SSSR count). The molecular weight excluding hydrogens is 424 g/mol. The van der Waals surface area contributed by atoms with E-state index in [-0.39, 0.29) is 11.5 Å². The Kier molecular flexibility index (Phi) is 6.23. The van der Waals surface area contributed by atoms with Gasteiger partial charge in [-0.15, -0.1) is 11.3 Å². The Hall–Kier alpha value is -4.04. The summed E-state index contributed by atoms with van der Waals surface area (Å²) < 4.78 is 0. The molecular formula is C24H20N4O3S. The molecule has 0 saturated carbocycles. The number of carbonyl (C=O) groups is 2. The summed E-state index contributed by atoms with van der Waals surface area (Å²) in [6.45, 7) is 2.31. The van der Waals surface area contributed by atoms with Crippen LogP contribution in [0.5, 0.6) is 0 Å². The molecule has 3 heterocycles. The van der Waals surface area contributed by atoms with Crippen LogP contribution in [-0.2, 0) is 6.54 Å². The molecule has 3 aromatic heterocycles. The molecule has 7 nitrogen and oxygen atoms in total. The van der Waals surface area contributed by atoms with Crippen LogP contribution in [0.1, 0.15) is 31.2 Å². The topological polar surface area (TPSA) is 104 Å². The van der Waals surface area contributed by atoms with Crippen LogP contribution in [0, 0.1) is 6.92 Å². The summed E-state index contributed by atoms with van der Waals surface area (Å²) in [4.78, 5) is 33.8. The largest absolute Gasteiger partial charge is 0.478 e. The Balaban J connectivity index is 1.41. The minimum absolute atomic E-state index is 0.193. The van der Waals surface area contributed by atoms with Crippen LogP contribution in [0.2, 0.25) is 0 Å². The number of nitrogens with zero attached hydrogens (tertiary/aromatic N) is 2. The molecule has 0 aliphatic heterocycles. The van der Waals surface area contributed by atoms with Crippen molar-refractivity contribution in [2.75, 3.05) is 5.32 Å². The van der Waals surface area contributed by atoms with E-state index in [2.05, 4.69) is 20.6 Å². The van der Waals surface area contributed by atoms with Gasteiger partial charge in [0, 0.05) is 12.7 Å². The zero-order chi connectivity index (χ0) is 22.5. The Bertz CT molecular complexity index is 1270. The second-order valence-electron chi connectivity index (χ2n) is 7.10. The number of anilines is 2. The summed E-state index contributed by atoms with van der Waals surface area (Å²) in [6, 6.07) is 19.6. The number of benzene rings is 1. The van der Waals surface area contributed by atoms with Crippen molar-refractivity contribution in [1.82, 2.24) is 15.3 Å². The molecule has 0 fully saturated rings. The number of thiophene rings is 1. The van der Waals surface area contributed by atoms with Gasteiger partial charge in [0.1, 0.15) is 11.6 Å². The first-order chi connectivity index (χ1) is 15.5. The molecule has 0 spiro atoms. The maximum Gasteiger partial charge on any atom is 0.335 e. The van der Waals surface area contributed by atoms with Gasteiger partial charge in [-0.25, -0.2) is 14.8 Å². The molecule has 0 aliphatic carbocycles. The number of aromatic nitrogens is 2. The van der Waals surface area contributed by atoms with Gasteiger partial charge in [0.25, 0.3) is 5.91 Å². The number of aryl methyl sites for hydroxylation is 1. The number of pyridine rings is 2. The highest BCUT2D eigenvalue weighted by Gasteiger charge is 2.12. The molecule has 160 valence electrons. The van der Waals surface area contributed by atoms with E-state index in [0.717, 1.165) is 27.5 Å². The lowest BCUT2D eigenvalue weighted by molar-refractivity contribution is 0.0696. The normalized spacial score (nSPS) is 10.5. The van der Waals surface area contributed by atoms with Gasteiger partial charge in [-0.05, 0) is 66.6 Å². The fourth-order valence-electron chi connectivity index (χ4n) is 3.01. The third kappa shape index (κ3) is 5.16. The third-order valence-electron chi connectivity index (χ3n) is 4.66. The second-order valence-corrected chi connectivity index (χ2v) is 8.18. The predicted molar refractivity (Wildman–Crippen MR) is 124 cm³/mol. The van der Waals surface area contributed by atoms with Crippen molar-refractivity contribution in [2.45, 2.75) is 13.5 Å².